The van der Waals surface area contributed by atoms with Gasteiger partial charge in [-0.3, -0.25) is 5.10 Å². The van der Waals surface area contributed by atoms with Crippen molar-refractivity contribution >= 4 is 54.2 Å². The van der Waals surface area contributed by atoms with Gasteiger partial charge in [-0.05, 0) is 36.4 Å². The predicted octanol–water partition coefficient (Wildman–Crippen LogP) is 5.94. The van der Waals surface area contributed by atoms with Crippen LogP contribution in [0.5, 0.6) is 0 Å². The van der Waals surface area contributed by atoms with Gasteiger partial charge in [-0.1, -0.05) is 36.4 Å². The van der Waals surface area contributed by atoms with Crippen LogP contribution in [-0.4, -0.2) is 26.3 Å². The van der Waals surface area contributed by atoms with E-state index in [9.17, 15) is 9.90 Å². The first-order valence-electron chi connectivity index (χ1n) is 9.98. The molecule has 0 atom stereocenters. The van der Waals surface area contributed by atoms with Crippen LogP contribution in [0.4, 0.5) is 5.82 Å². The quantitative estimate of drug-likeness (QED) is 0.318. The maximum atomic E-state index is 11.2. The highest BCUT2D eigenvalue weighted by atomic mass is 32.1. The molecule has 0 unspecified atom stereocenters. The van der Waals surface area contributed by atoms with Gasteiger partial charge in [0.25, 0.3) is 0 Å². The molecule has 0 spiro atoms. The molecule has 0 radical (unpaired) electrons. The summed E-state index contributed by atoms with van der Waals surface area (Å²) in [5.74, 6) is -0.566. The third-order valence-corrected chi connectivity index (χ3v) is 6.80. The van der Waals surface area contributed by atoms with Gasteiger partial charge in [0, 0.05) is 31.3 Å². The van der Waals surface area contributed by atoms with E-state index in [1.54, 1.807) is 35.6 Å². The van der Waals surface area contributed by atoms with E-state index in [4.69, 9.17) is 10.7 Å². The number of nitrogens with zero attached hydrogens (tertiary/aromatic N) is 2. The fourth-order valence-corrected chi connectivity index (χ4v) is 5.17. The second-order valence-corrected chi connectivity index (χ2v) is 8.66. The highest BCUT2D eigenvalue weighted by Crippen LogP contribution is 2.38. The van der Waals surface area contributed by atoms with Gasteiger partial charge in [-0.15, -0.1) is 11.3 Å². The molecule has 0 aliphatic rings. The Morgan fingerprint density at radius 1 is 0.906 bits per heavy atom. The number of aromatic nitrogens is 3. The number of nitrogens with two attached hydrogens (primary N) is 1. The van der Waals surface area contributed by atoms with Gasteiger partial charge in [0.2, 0.25) is 0 Å². The van der Waals surface area contributed by atoms with Crippen molar-refractivity contribution in [2.75, 3.05) is 5.73 Å². The molecular formula is C25H16N4O2S. The van der Waals surface area contributed by atoms with E-state index in [1.807, 2.05) is 12.1 Å². The van der Waals surface area contributed by atoms with E-state index in [1.165, 1.54) is 20.2 Å². The number of carboxylic acids is 1. The number of aromatic carboxylic acids is 1. The summed E-state index contributed by atoms with van der Waals surface area (Å²) >= 11 is 1.77. The molecule has 0 aliphatic heterocycles. The molecule has 3 aromatic carbocycles. The van der Waals surface area contributed by atoms with E-state index in [2.05, 4.69) is 46.6 Å². The molecule has 0 saturated heterocycles. The number of benzene rings is 3. The largest absolute Gasteiger partial charge is 0.478 e. The van der Waals surface area contributed by atoms with Gasteiger partial charge in [-0.25, -0.2) is 9.78 Å². The number of carboxylic acid groups (broad SMARTS) is 1. The van der Waals surface area contributed by atoms with Crippen molar-refractivity contribution < 1.29 is 9.90 Å². The SMILES string of the molecule is Nc1n[nH]c2cc(-c3ccc(C(=O)O)cc3)nc(-c3ccc4sc5ccccc5c4c3)c12. The molecule has 6 rings (SSSR count). The Kier molecular flexibility index (Phi) is 3.99. The molecule has 32 heavy (non-hydrogen) atoms. The lowest BCUT2D eigenvalue weighted by Gasteiger charge is -2.09. The number of anilines is 1. The lowest BCUT2D eigenvalue weighted by atomic mass is 10.0. The average Bonchev–Trinajstić information content (AvgIpc) is 3.38. The van der Waals surface area contributed by atoms with E-state index >= 15 is 0 Å². The minimum Gasteiger partial charge on any atom is -0.478 e. The van der Waals surface area contributed by atoms with Crippen molar-refractivity contribution in [2.45, 2.75) is 0 Å². The molecule has 6 nitrogen and oxygen atoms in total. The number of rotatable bonds is 3. The lowest BCUT2D eigenvalue weighted by molar-refractivity contribution is 0.0697. The van der Waals surface area contributed by atoms with Crippen LogP contribution in [0.2, 0.25) is 0 Å². The zero-order chi connectivity index (χ0) is 21.8. The lowest BCUT2D eigenvalue weighted by Crippen LogP contribution is -1.96. The molecule has 0 bridgehead atoms. The van der Waals surface area contributed by atoms with Crippen LogP contribution < -0.4 is 5.73 Å². The van der Waals surface area contributed by atoms with Crippen LogP contribution in [0.3, 0.4) is 0 Å². The molecule has 3 heterocycles. The van der Waals surface area contributed by atoms with Crippen LogP contribution in [0, 0.1) is 0 Å². The Hall–Kier alpha value is -4.23. The molecule has 0 amide bonds. The van der Waals surface area contributed by atoms with Gasteiger partial charge < -0.3 is 10.8 Å². The first kappa shape index (κ1) is 18.5. The zero-order valence-electron chi connectivity index (χ0n) is 16.7. The van der Waals surface area contributed by atoms with Crippen molar-refractivity contribution in [1.29, 1.82) is 0 Å². The first-order chi connectivity index (χ1) is 15.6. The van der Waals surface area contributed by atoms with Crippen LogP contribution in [0.1, 0.15) is 10.4 Å². The summed E-state index contributed by atoms with van der Waals surface area (Å²) in [5, 5.41) is 19.5. The number of thiophene rings is 1. The summed E-state index contributed by atoms with van der Waals surface area (Å²) in [4.78, 5) is 16.1. The maximum absolute atomic E-state index is 11.2. The summed E-state index contributed by atoms with van der Waals surface area (Å²) < 4.78 is 2.46. The highest BCUT2D eigenvalue weighted by molar-refractivity contribution is 7.25. The van der Waals surface area contributed by atoms with E-state index in [-0.39, 0.29) is 5.56 Å². The molecule has 7 heteroatoms. The van der Waals surface area contributed by atoms with Crippen molar-refractivity contribution in [2.24, 2.45) is 0 Å². The molecular weight excluding hydrogens is 420 g/mol. The van der Waals surface area contributed by atoms with Crippen LogP contribution in [0.25, 0.3) is 53.6 Å². The fraction of sp³-hybridized carbons (Fsp3) is 0. The number of H-pyrrole nitrogens is 1. The second-order valence-electron chi connectivity index (χ2n) is 7.58. The topological polar surface area (TPSA) is 105 Å². The minimum absolute atomic E-state index is 0.232. The summed E-state index contributed by atoms with van der Waals surface area (Å²) in [7, 11) is 0. The smallest absolute Gasteiger partial charge is 0.335 e. The molecule has 154 valence electrons. The monoisotopic (exact) mass is 436 g/mol. The molecule has 4 N–H and O–H groups in total. The number of nitrogens with one attached hydrogen (secondary N) is 1. The second kappa shape index (κ2) is 6.90. The van der Waals surface area contributed by atoms with Crippen molar-refractivity contribution in [3.8, 4) is 22.5 Å². The standard InChI is InChI=1S/C25H16N4O2S/c26-24-22-19(28-29-24)12-18(13-5-7-14(8-6-13)25(30)31)27-23(22)15-9-10-21-17(11-15)16-3-1-2-4-20(16)32-21/h1-12H,(H,30,31)(H3,26,28,29). The van der Waals surface area contributed by atoms with Crippen molar-refractivity contribution in [3.63, 3.8) is 0 Å². The van der Waals surface area contributed by atoms with Crippen LogP contribution >= 0.6 is 11.3 Å². The van der Waals surface area contributed by atoms with Gasteiger partial charge in [0.1, 0.15) is 0 Å². The fourth-order valence-electron chi connectivity index (χ4n) is 4.08. The normalized spacial score (nSPS) is 11.5. The third-order valence-electron chi connectivity index (χ3n) is 5.65. The van der Waals surface area contributed by atoms with E-state index < -0.39 is 5.97 Å². The number of fused-ring (bicyclic) bond motifs is 4. The number of pyridine rings is 1. The van der Waals surface area contributed by atoms with Gasteiger partial charge in [-0.2, -0.15) is 5.10 Å². The molecule has 0 fully saturated rings. The number of hydrogen-bond donors (Lipinski definition) is 3. The number of aromatic amines is 1. The van der Waals surface area contributed by atoms with Crippen molar-refractivity contribution in [3.05, 3.63) is 78.4 Å². The average molecular weight is 436 g/mol. The summed E-state index contributed by atoms with van der Waals surface area (Å²) in [6.45, 7) is 0. The Bertz CT molecular complexity index is 1670. The maximum Gasteiger partial charge on any atom is 0.335 e. The third kappa shape index (κ3) is 2.83. The Balaban J connectivity index is 1.59. The van der Waals surface area contributed by atoms with Crippen LogP contribution in [-0.2, 0) is 0 Å². The minimum atomic E-state index is -0.960. The zero-order valence-corrected chi connectivity index (χ0v) is 17.5. The Labute approximate surface area is 186 Å². The highest BCUT2D eigenvalue weighted by Gasteiger charge is 2.16. The summed E-state index contributed by atoms with van der Waals surface area (Å²) in [6, 6.07) is 23.3. The molecule has 0 aliphatic carbocycles. The Morgan fingerprint density at radius 3 is 2.47 bits per heavy atom. The summed E-state index contributed by atoms with van der Waals surface area (Å²) in [5.41, 5.74) is 10.4. The summed E-state index contributed by atoms with van der Waals surface area (Å²) in [6.07, 6.45) is 0. The van der Waals surface area contributed by atoms with E-state index in [0.29, 0.717) is 11.5 Å². The van der Waals surface area contributed by atoms with E-state index in [0.717, 1.165) is 27.7 Å². The predicted molar refractivity (Wildman–Crippen MR) is 129 cm³/mol. The number of nitrogen functional groups attached to an aromatic ring is 1. The number of hydrogen-bond acceptors (Lipinski definition) is 5. The van der Waals surface area contributed by atoms with Gasteiger partial charge in [0.05, 0.1) is 27.9 Å². The van der Waals surface area contributed by atoms with Gasteiger partial charge in [0.15, 0.2) is 5.82 Å². The van der Waals surface area contributed by atoms with Crippen LogP contribution in [0.15, 0.2) is 72.8 Å². The molecule has 3 aromatic heterocycles. The van der Waals surface area contributed by atoms with Gasteiger partial charge >= 0.3 is 5.97 Å². The number of carbonyl (C=O) groups is 1. The first-order valence-corrected chi connectivity index (χ1v) is 10.8. The van der Waals surface area contributed by atoms with Crippen molar-refractivity contribution in [1.82, 2.24) is 15.2 Å². The Morgan fingerprint density at radius 2 is 1.66 bits per heavy atom. The molecule has 0 saturated carbocycles. The molecule has 6 aromatic rings.